The molecule has 0 aromatic heterocycles. The van der Waals surface area contributed by atoms with Gasteiger partial charge in [-0.05, 0) is 41.4 Å². The highest BCUT2D eigenvalue weighted by atomic mass is 35.5. The topological polar surface area (TPSA) is 3.24 Å². The maximum Gasteiger partial charge on any atom is 0.0233 e. The van der Waals surface area contributed by atoms with Gasteiger partial charge in [-0.3, -0.25) is 4.90 Å². The molecule has 2 aromatic rings. The smallest absolute Gasteiger partial charge is 0.0233 e. The number of halogens is 1. The van der Waals surface area contributed by atoms with Gasteiger partial charge < -0.3 is 0 Å². The zero-order valence-corrected chi connectivity index (χ0v) is 13.1. The van der Waals surface area contributed by atoms with E-state index >= 15 is 0 Å². The van der Waals surface area contributed by atoms with Crippen LogP contribution in [0.1, 0.15) is 16.7 Å². The standard InChI is InChI=1S/C19H21N.ClH/c1-2-6-15(7-3-1)12-20-13-18-10-16-8-4-5-9-17(16)11-19(18)14-20;/h1-9,18-19H,10-14H2;1H. The molecular formula is C19H22ClN. The van der Waals surface area contributed by atoms with Crippen LogP contribution in [0.15, 0.2) is 54.6 Å². The highest BCUT2D eigenvalue weighted by molar-refractivity contribution is 5.85. The Kier molecular flexibility index (Phi) is 4.32. The van der Waals surface area contributed by atoms with Crippen molar-refractivity contribution in [3.63, 3.8) is 0 Å². The summed E-state index contributed by atoms with van der Waals surface area (Å²) >= 11 is 0. The molecule has 2 aromatic carbocycles. The SMILES string of the molecule is Cl.c1ccc(CN2CC3Cc4ccccc4CC3C2)cc1. The lowest BCUT2D eigenvalue weighted by Crippen LogP contribution is -2.23. The van der Waals surface area contributed by atoms with Gasteiger partial charge in [0, 0.05) is 19.6 Å². The van der Waals surface area contributed by atoms with E-state index in [1.54, 1.807) is 11.1 Å². The van der Waals surface area contributed by atoms with Crippen molar-refractivity contribution in [2.75, 3.05) is 13.1 Å². The first kappa shape index (κ1) is 14.6. The van der Waals surface area contributed by atoms with E-state index in [0.29, 0.717) is 0 Å². The van der Waals surface area contributed by atoms with E-state index in [1.807, 2.05) is 0 Å². The minimum Gasteiger partial charge on any atom is -0.298 e. The third-order valence-corrected chi connectivity index (χ3v) is 4.98. The fraction of sp³-hybridized carbons (Fsp3) is 0.368. The minimum atomic E-state index is 0. The molecule has 0 radical (unpaired) electrons. The lowest BCUT2D eigenvalue weighted by Gasteiger charge is -2.26. The second-order valence-electron chi connectivity index (χ2n) is 6.38. The first-order chi connectivity index (χ1) is 9.88. The molecule has 2 unspecified atom stereocenters. The first-order valence-corrected chi connectivity index (χ1v) is 7.71. The number of hydrogen-bond acceptors (Lipinski definition) is 1. The summed E-state index contributed by atoms with van der Waals surface area (Å²) in [5, 5.41) is 0. The lowest BCUT2D eigenvalue weighted by molar-refractivity contribution is 0.314. The molecule has 1 aliphatic carbocycles. The van der Waals surface area contributed by atoms with Gasteiger partial charge in [-0.15, -0.1) is 12.4 Å². The van der Waals surface area contributed by atoms with Gasteiger partial charge in [0.05, 0.1) is 0 Å². The molecule has 4 rings (SSSR count). The van der Waals surface area contributed by atoms with Gasteiger partial charge >= 0.3 is 0 Å². The number of likely N-dealkylation sites (tertiary alicyclic amines) is 1. The summed E-state index contributed by atoms with van der Waals surface area (Å²) in [6, 6.07) is 19.9. The van der Waals surface area contributed by atoms with Crippen molar-refractivity contribution in [1.82, 2.24) is 4.90 Å². The molecule has 1 fully saturated rings. The third-order valence-electron chi connectivity index (χ3n) is 4.98. The molecule has 2 heteroatoms. The van der Waals surface area contributed by atoms with Crippen LogP contribution in [0, 0.1) is 11.8 Å². The van der Waals surface area contributed by atoms with Gasteiger partial charge in [0.1, 0.15) is 0 Å². The van der Waals surface area contributed by atoms with Gasteiger partial charge in [-0.2, -0.15) is 0 Å². The molecule has 2 atom stereocenters. The van der Waals surface area contributed by atoms with Crippen molar-refractivity contribution in [1.29, 1.82) is 0 Å². The van der Waals surface area contributed by atoms with Gasteiger partial charge in [0.2, 0.25) is 0 Å². The Morgan fingerprint density at radius 1 is 0.762 bits per heavy atom. The molecule has 2 aliphatic rings. The van der Waals surface area contributed by atoms with Crippen LogP contribution in [0.5, 0.6) is 0 Å². The monoisotopic (exact) mass is 299 g/mol. The summed E-state index contributed by atoms with van der Waals surface area (Å²) in [5.74, 6) is 1.74. The maximum absolute atomic E-state index is 2.65. The van der Waals surface area contributed by atoms with Crippen LogP contribution in [0.4, 0.5) is 0 Å². The molecule has 0 amide bonds. The molecule has 1 nitrogen and oxygen atoms in total. The molecule has 21 heavy (non-hydrogen) atoms. The van der Waals surface area contributed by atoms with E-state index in [4.69, 9.17) is 0 Å². The Hall–Kier alpha value is -1.31. The molecule has 1 saturated heterocycles. The highest BCUT2D eigenvalue weighted by Crippen LogP contribution is 2.36. The fourth-order valence-corrected chi connectivity index (χ4v) is 3.99. The number of nitrogens with zero attached hydrogens (tertiary/aromatic N) is 1. The largest absolute Gasteiger partial charge is 0.298 e. The number of benzene rings is 2. The molecule has 0 bridgehead atoms. The summed E-state index contributed by atoms with van der Waals surface area (Å²) in [4.78, 5) is 2.65. The minimum absolute atomic E-state index is 0. The van der Waals surface area contributed by atoms with E-state index in [9.17, 15) is 0 Å². The van der Waals surface area contributed by atoms with Crippen LogP contribution in [-0.2, 0) is 19.4 Å². The second kappa shape index (κ2) is 6.21. The number of hydrogen-bond donors (Lipinski definition) is 0. The fourth-order valence-electron chi connectivity index (χ4n) is 3.99. The first-order valence-electron chi connectivity index (χ1n) is 7.71. The summed E-state index contributed by atoms with van der Waals surface area (Å²) in [7, 11) is 0. The summed E-state index contributed by atoms with van der Waals surface area (Å²) in [6.45, 7) is 3.66. The molecule has 0 spiro atoms. The molecule has 0 N–H and O–H groups in total. The average Bonchev–Trinajstić information content (AvgIpc) is 2.86. The molecule has 1 heterocycles. The van der Waals surface area contributed by atoms with E-state index in [0.717, 1.165) is 18.4 Å². The zero-order valence-electron chi connectivity index (χ0n) is 12.2. The van der Waals surface area contributed by atoms with Crippen molar-refractivity contribution in [3.05, 3.63) is 71.3 Å². The Balaban J connectivity index is 0.00000132. The second-order valence-corrected chi connectivity index (χ2v) is 6.38. The van der Waals surface area contributed by atoms with Crippen LogP contribution in [0.2, 0.25) is 0 Å². The van der Waals surface area contributed by atoms with Crippen LogP contribution in [-0.4, -0.2) is 18.0 Å². The average molecular weight is 300 g/mol. The van der Waals surface area contributed by atoms with Crippen molar-refractivity contribution >= 4 is 12.4 Å². The van der Waals surface area contributed by atoms with Gasteiger partial charge in [-0.1, -0.05) is 54.6 Å². The predicted octanol–water partition coefficient (Wildman–Crippen LogP) is 3.96. The van der Waals surface area contributed by atoms with Crippen LogP contribution < -0.4 is 0 Å². The van der Waals surface area contributed by atoms with E-state index < -0.39 is 0 Å². The number of rotatable bonds is 2. The van der Waals surface area contributed by atoms with Gasteiger partial charge in [0.15, 0.2) is 0 Å². The van der Waals surface area contributed by atoms with Gasteiger partial charge in [0.25, 0.3) is 0 Å². The van der Waals surface area contributed by atoms with E-state index in [1.165, 1.54) is 31.5 Å². The molecular weight excluding hydrogens is 278 g/mol. The highest BCUT2D eigenvalue weighted by Gasteiger charge is 2.35. The third kappa shape index (κ3) is 3.00. The molecule has 110 valence electrons. The van der Waals surface area contributed by atoms with Crippen molar-refractivity contribution < 1.29 is 0 Å². The normalized spacial score (nSPS) is 24.0. The molecule has 0 saturated carbocycles. The molecule has 1 aliphatic heterocycles. The van der Waals surface area contributed by atoms with Crippen molar-refractivity contribution in [3.8, 4) is 0 Å². The summed E-state index contributed by atoms with van der Waals surface area (Å²) in [6.07, 6.45) is 2.57. The Bertz CT molecular complexity index is 563. The van der Waals surface area contributed by atoms with Gasteiger partial charge in [-0.25, -0.2) is 0 Å². The Morgan fingerprint density at radius 2 is 1.29 bits per heavy atom. The Morgan fingerprint density at radius 3 is 1.86 bits per heavy atom. The van der Waals surface area contributed by atoms with Crippen molar-refractivity contribution in [2.24, 2.45) is 11.8 Å². The quantitative estimate of drug-likeness (QED) is 0.811. The number of fused-ring (bicyclic) bond motifs is 2. The Labute approximate surface area is 133 Å². The van der Waals surface area contributed by atoms with Crippen LogP contribution >= 0.6 is 12.4 Å². The zero-order chi connectivity index (χ0) is 13.4. The predicted molar refractivity (Wildman–Crippen MR) is 89.8 cm³/mol. The van der Waals surface area contributed by atoms with Crippen LogP contribution in [0.25, 0.3) is 0 Å². The van der Waals surface area contributed by atoms with E-state index in [-0.39, 0.29) is 12.4 Å². The summed E-state index contributed by atoms with van der Waals surface area (Å²) < 4.78 is 0. The van der Waals surface area contributed by atoms with Crippen LogP contribution in [0.3, 0.4) is 0 Å². The maximum atomic E-state index is 2.65. The van der Waals surface area contributed by atoms with Crippen molar-refractivity contribution in [2.45, 2.75) is 19.4 Å². The van der Waals surface area contributed by atoms with E-state index in [2.05, 4.69) is 59.5 Å². The lowest BCUT2D eigenvalue weighted by atomic mass is 9.78. The summed E-state index contributed by atoms with van der Waals surface area (Å²) in [5.41, 5.74) is 4.63.